The van der Waals surface area contributed by atoms with E-state index in [1.54, 1.807) is 6.08 Å². The Hall–Kier alpha value is -0.920. The van der Waals surface area contributed by atoms with Gasteiger partial charge in [0.05, 0.1) is 0 Å². The summed E-state index contributed by atoms with van der Waals surface area (Å²) in [6.07, 6.45) is 6.36. The second kappa shape index (κ2) is 6.24. The van der Waals surface area contributed by atoms with Gasteiger partial charge in [0, 0.05) is 19.3 Å². The van der Waals surface area contributed by atoms with Crippen molar-refractivity contribution in [1.29, 1.82) is 0 Å². The van der Waals surface area contributed by atoms with Crippen LogP contribution >= 0.6 is 0 Å². The second-order valence-electron chi connectivity index (χ2n) is 8.37. The molecule has 1 atom stereocenters. The van der Waals surface area contributed by atoms with Gasteiger partial charge in [0.25, 0.3) is 0 Å². The Balaban J connectivity index is 0.000000200. The molecule has 2 nitrogen and oxygen atoms in total. The molecule has 0 spiro atoms. The number of hydrogen-bond acceptors (Lipinski definition) is 2. The summed E-state index contributed by atoms with van der Waals surface area (Å²) in [5.41, 5.74) is 1.70. The third kappa shape index (κ3) is 6.02. The van der Waals surface area contributed by atoms with Crippen LogP contribution in [0.1, 0.15) is 73.6 Å². The van der Waals surface area contributed by atoms with Gasteiger partial charge >= 0.3 is 0 Å². The molecular weight excluding hydrogens is 248 g/mol. The molecule has 114 valence electrons. The van der Waals surface area contributed by atoms with E-state index in [0.717, 1.165) is 19.3 Å². The van der Waals surface area contributed by atoms with E-state index in [2.05, 4.69) is 34.6 Å². The van der Waals surface area contributed by atoms with Crippen molar-refractivity contribution in [1.82, 2.24) is 0 Å². The van der Waals surface area contributed by atoms with E-state index in [9.17, 15) is 9.59 Å². The van der Waals surface area contributed by atoms with Gasteiger partial charge in [-0.25, -0.2) is 0 Å². The highest BCUT2D eigenvalue weighted by atomic mass is 16.1. The molecule has 0 aromatic heterocycles. The molecule has 0 radical (unpaired) electrons. The van der Waals surface area contributed by atoms with Crippen LogP contribution in [-0.4, -0.2) is 11.6 Å². The van der Waals surface area contributed by atoms with Crippen molar-refractivity contribution in [3.63, 3.8) is 0 Å². The number of carbonyl (C=O) groups is 2. The van der Waals surface area contributed by atoms with Crippen LogP contribution in [0.3, 0.4) is 0 Å². The van der Waals surface area contributed by atoms with Crippen LogP contribution in [0, 0.1) is 16.7 Å². The average molecular weight is 278 g/mol. The standard InChI is InChI=1S/C9H16O.C9H14O/c2*1-7-4-8(10)6-9(2,3)5-7/h7H,4-6H2,1-3H3;4H,5-6H2,1-3H3. The second-order valence-corrected chi connectivity index (χ2v) is 8.37. The summed E-state index contributed by atoms with van der Waals surface area (Å²) in [7, 11) is 0. The van der Waals surface area contributed by atoms with E-state index < -0.39 is 0 Å². The number of Topliss-reactive ketones (excluding diaryl/α,β-unsaturated/α-hetero) is 1. The number of ketones is 2. The summed E-state index contributed by atoms with van der Waals surface area (Å²) in [6.45, 7) is 12.8. The van der Waals surface area contributed by atoms with Crippen LogP contribution in [0.15, 0.2) is 11.6 Å². The molecule has 2 rings (SSSR count). The predicted octanol–water partition coefficient (Wildman–Crippen LogP) is 4.72. The van der Waals surface area contributed by atoms with Crippen LogP contribution in [0.2, 0.25) is 0 Å². The summed E-state index contributed by atoms with van der Waals surface area (Å²) in [5, 5.41) is 0. The molecule has 1 fully saturated rings. The van der Waals surface area contributed by atoms with Crippen LogP contribution in [0.4, 0.5) is 0 Å². The first-order valence-electron chi connectivity index (χ1n) is 7.71. The Morgan fingerprint density at radius 3 is 2.00 bits per heavy atom. The molecule has 2 heteroatoms. The maximum Gasteiger partial charge on any atom is 0.156 e. The molecular formula is C18H30O2. The number of hydrogen-bond donors (Lipinski definition) is 0. The molecule has 0 bridgehead atoms. The fourth-order valence-corrected chi connectivity index (χ4v) is 3.75. The van der Waals surface area contributed by atoms with Crippen molar-refractivity contribution in [2.45, 2.75) is 73.6 Å². The Kier molecular flexibility index (Phi) is 5.34. The monoisotopic (exact) mass is 278 g/mol. The van der Waals surface area contributed by atoms with Gasteiger partial charge < -0.3 is 0 Å². The Labute approximate surface area is 124 Å². The molecule has 2 aliphatic rings. The summed E-state index contributed by atoms with van der Waals surface area (Å²) in [4.78, 5) is 22.1. The zero-order valence-corrected chi connectivity index (χ0v) is 14.0. The van der Waals surface area contributed by atoms with Gasteiger partial charge in [-0.15, -0.1) is 0 Å². The van der Waals surface area contributed by atoms with E-state index in [-0.39, 0.29) is 16.6 Å². The van der Waals surface area contributed by atoms with Crippen LogP contribution < -0.4 is 0 Å². The minimum Gasteiger partial charge on any atom is -0.300 e. The van der Waals surface area contributed by atoms with Crippen molar-refractivity contribution in [2.24, 2.45) is 16.7 Å². The maximum atomic E-state index is 11.1. The summed E-state index contributed by atoms with van der Waals surface area (Å²) >= 11 is 0. The topological polar surface area (TPSA) is 34.1 Å². The fraction of sp³-hybridized carbons (Fsp3) is 0.778. The fourth-order valence-electron chi connectivity index (χ4n) is 3.75. The van der Waals surface area contributed by atoms with Crippen molar-refractivity contribution in [2.75, 3.05) is 0 Å². The Bertz CT molecular complexity index is 413. The zero-order valence-electron chi connectivity index (χ0n) is 14.0. The lowest BCUT2D eigenvalue weighted by Crippen LogP contribution is -2.27. The lowest BCUT2D eigenvalue weighted by Gasteiger charge is -2.32. The molecule has 0 amide bonds. The van der Waals surface area contributed by atoms with E-state index in [1.165, 1.54) is 12.0 Å². The zero-order chi connectivity index (χ0) is 15.6. The largest absolute Gasteiger partial charge is 0.300 e. The normalized spacial score (nSPS) is 28.3. The van der Waals surface area contributed by atoms with Gasteiger partial charge in [0.15, 0.2) is 5.78 Å². The van der Waals surface area contributed by atoms with Gasteiger partial charge in [-0.3, -0.25) is 9.59 Å². The number of rotatable bonds is 0. The first-order valence-corrected chi connectivity index (χ1v) is 7.71. The minimum absolute atomic E-state index is 0.204. The van der Waals surface area contributed by atoms with Gasteiger partial charge in [-0.1, -0.05) is 40.2 Å². The molecule has 0 aliphatic heterocycles. The summed E-state index contributed by atoms with van der Waals surface area (Å²) < 4.78 is 0. The smallest absolute Gasteiger partial charge is 0.156 e. The molecule has 0 N–H and O–H groups in total. The van der Waals surface area contributed by atoms with Crippen molar-refractivity contribution in [3.8, 4) is 0 Å². The van der Waals surface area contributed by atoms with E-state index in [4.69, 9.17) is 0 Å². The third-order valence-corrected chi connectivity index (χ3v) is 3.97. The highest BCUT2D eigenvalue weighted by molar-refractivity contribution is 5.91. The maximum absolute atomic E-state index is 11.1. The van der Waals surface area contributed by atoms with Crippen LogP contribution in [0.5, 0.6) is 0 Å². The molecule has 1 unspecified atom stereocenters. The average Bonchev–Trinajstić information content (AvgIpc) is 2.08. The Morgan fingerprint density at radius 2 is 1.60 bits per heavy atom. The van der Waals surface area contributed by atoms with E-state index in [0.29, 0.717) is 18.1 Å². The Morgan fingerprint density at radius 1 is 1.00 bits per heavy atom. The van der Waals surface area contributed by atoms with Crippen LogP contribution in [0.25, 0.3) is 0 Å². The first kappa shape index (κ1) is 17.1. The summed E-state index contributed by atoms with van der Waals surface area (Å²) in [6, 6.07) is 0. The van der Waals surface area contributed by atoms with Crippen molar-refractivity contribution < 1.29 is 9.59 Å². The predicted molar refractivity (Wildman–Crippen MR) is 83.6 cm³/mol. The lowest BCUT2D eigenvalue weighted by molar-refractivity contribution is -0.124. The van der Waals surface area contributed by atoms with Crippen molar-refractivity contribution >= 4 is 11.6 Å². The van der Waals surface area contributed by atoms with E-state index in [1.807, 2.05) is 6.92 Å². The summed E-state index contributed by atoms with van der Waals surface area (Å²) in [5.74, 6) is 1.34. The first-order chi connectivity index (χ1) is 8.99. The third-order valence-electron chi connectivity index (χ3n) is 3.97. The number of allylic oxidation sites excluding steroid dienone is 2. The van der Waals surface area contributed by atoms with Gasteiger partial charge in [-0.2, -0.15) is 0 Å². The molecule has 20 heavy (non-hydrogen) atoms. The lowest BCUT2D eigenvalue weighted by atomic mass is 9.72. The van der Waals surface area contributed by atoms with Crippen LogP contribution in [-0.2, 0) is 9.59 Å². The SMILES string of the molecule is CC1=CC(=O)CC(C)(C)C1.CC1CC(=O)CC(C)(C)C1. The molecule has 1 saturated carbocycles. The van der Waals surface area contributed by atoms with E-state index >= 15 is 0 Å². The van der Waals surface area contributed by atoms with Gasteiger partial charge in [-0.05, 0) is 42.6 Å². The number of carbonyl (C=O) groups excluding carboxylic acids is 2. The molecule has 2 aliphatic carbocycles. The molecule has 0 aromatic rings. The quantitative estimate of drug-likeness (QED) is 0.642. The highest BCUT2D eigenvalue weighted by Gasteiger charge is 2.30. The highest BCUT2D eigenvalue weighted by Crippen LogP contribution is 2.36. The molecule has 0 aromatic carbocycles. The van der Waals surface area contributed by atoms with Crippen molar-refractivity contribution in [3.05, 3.63) is 11.6 Å². The molecule has 0 heterocycles. The van der Waals surface area contributed by atoms with Gasteiger partial charge in [0.1, 0.15) is 5.78 Å². The minimum atomic E-state index is 0.204. The van der Waals surface area contributed by atoms with Gasteiger partial charge in [0.2, 0.25) is 0 Å². The molecule has 0 saturated heterocycles.